The summed E-state index contributed by atoms with van der Waals surface area (Å²) in [6, 6.07) is 3.57. The molecule has 0 aromatic carbocycles. The van der Waals surface area contributed by atoms with Gasteiger partial charge in [-0.25, -0.2) is 4.98 Å². The largest absolute Gasteiger partial charge is 0.298 e. The first-order chi connectivity index (χ1) is 5.81. The van der Waals surface area contributed by atoms with Gasteiger partial charge in [0.1, 0.15) is 11.8 Å². The van der Waals surface area contributed by atoms with Crippen molar-refractivity contribution >= 4 is 6.29 Å². The molecule has 1 rings (SSSR count). The number of rotatable bonds is 2. The van der Waals surface area contributed by atoms with Crippen molar-refractivity contribution in [3.8, 4) is 6.07 Å². The summed E-state index contributed by atoms with van der Waals surface area (Å²) in [5, 5.41) is 8.52. The number of aromatic nitrogens is 1. The maximum atomic E-state index is 10.5. The van der Waals surface area contributed by atoms with Crippen LogP contribution in [0.5, 0.6) is 0 Å². The van der Waals surface area contributed by atoms with Crippen LogP contribution >= 0.6 is 0 Å². The molecule has 60 valence electrons. The quantitative estimate of drug-likeness (QED) is 0.613. The fraction of sp³-hybridized carbons (Fsp3) is 0.222. The Kier molecular flexibility index (Phi) is 2.54. The maximum absolute atomic E-state index is 10.5. The fourth-order valence-electron chi connectivity index (χ4n) is 0.981. The van der Waals surface area contributed by atoms with E-state index in [9.17, 15) is 4.79 Å². The molecule has 0 atom stereocenters. The van der Waals surface area contributed by atoms with Gasteiger partial charge in [0, 0.05) is 11.8 Å². The Morgan fingerprint density at radius 2 is 2.50 bits per heavy atom. The zero-order chi connectivity index (χ0) is 8.97. The van der Waals surface area contributed by atoms with Crippen LogP contribution in [0.2, 0.25) is 0 Å². The van der Waals surface area contributed by atoms with Crippen molar-refractivity contribution < 1.29 is 4.79 Å². The molecule has 0 unspecified atom stereocenters. The molecule has 0 N–H and O–H groups in total. The van der Waals surface area contributed by atoms with Gasteiger partial charge in [-0.05, 0) is 18.1 Å². The van der Waals surface area contributed by atoms with Crippen LogP contribution < -0.4 is 0 Å². The topological polar surface area (TPSA) is 53.8 Å². The minimum Gasteiger partial charge on any atom is -0.298 e. The Balaban J connectivity index is 3.21. The van der Waals surface area contributed by atoms with E-state index >= 15 is 0 Å². The van der Waals surface area contributed by atoms with Gasteiger partial charge in [-0.1, -0.05) is 6.92 Å². The third-order valence-electron chi connectivity index (χ3n) is 1.65. The minimum absolute atomic E-state index is 0.359. The van der Waals surface area contributed by atoms with Crippen LogP contribution in [0, 0.1) is 11.3 Å². The van der Waals surface area contributed by atoms with E-state index in [2.05, 4.69) is 4.98 Å². The van der Waals surface area contributed by atoms with E-state index in [1.165, 1.54) is 6.20 Å². The number of nitriles is 1. The monoisotopic (exact) mass is 160 g/mol. The van der Waals surface area contributed by atoms with E-state index in [0.717, 1.165) is 18.3 Å². The average molecular weight is 160 g/mol. The van der Waals surface area contributed by atoms with E-state index in [1.54, 1.807) is 6.07 Å². The molecule has 3 nitrogen and oxygen atoms in total. The fourth-order valence-corrected chi connectivity index (χ4v) is 0.981. The molecule has 1 aromatic rings. The summed E-state index contributed by atoms with van der Waals surface area (Å²) >= 11 is 0. The van der Waals surface area contributed by atoms with Crippen molar-refractivity contribution in [2.24, 2.45) is 0 Å². The standard InChI is InChI=1S/C9H8N2O/c1-2-7-3-9(4-10)11-5-8(7)6-12/h3,5-6H,2H2,1H3. The molecule has 12 heavy (non-hydrogen) atoms. The second-order valence-corrected chi connectivity index (χ2v) is 2.35. The van der Waals surface area contributed by atoms with Crippen molar-refractivity contribution in [1.29, 1.82) is 5.26 Å². The highest BCUT2D eigenvalue weighted by Crippen LogP contribution is 2.07. The number of carbonyl (C=O) groups excluding carboxylic acids is 1. The molecule has 0 bridgehead atoms. The highest BCUT2D eigenvalue weighted by Gasteiger charge is 2.01. The number of hydrogen-bond donors (Lipinski definition) is 0. The van der Waals surface area contributed by atoms with Gasteiger partial charge in [0.25, 0.3) is 0 Å². The first kappa shape index (κ1) is 8.41. The number of aryl methyl sites for hydroxylation is 1. The molecule has 0 saturated heterocycles. The van der Waals surface area contributed by atoms with Crippen LogP contribution in [0.15, 0.2) is 12.3 Å². The predicted octanol–water partition coefficient (Wildman–Crippen LogP) is 1.33. The van der Waals surface area contributed by atoms with Crippen LogP contribution in [0.4, 0.5) is 0 Å². The summed E-state index contributed by atoms with van der Waals surface area (Å²) in [7, 11) is 0. The molecule has 1 heterocycles. The normalized spacial score (nSPS) is 9.00. The Labute approximate surface area is 70.7 Å². The van der Waals surface area contributed by atoms with Gasteiger partial charge in [-0.3, -0.25) is 4.79 Å². The molecular weight excluding hydrogens is 152 g/mol. The summed E-state index contributed by atoms with van der Waals surface area (Å²) in [5.74, 6) is 0. The highest BCUT2D eigenvalue weighted by atomic mass is 16.1. The van der Waals surface area contributed by atoms with E-state index in [-0.39, 0.29) is 0 Å². The molecule has 0 saturated carbocycles. The van der Waals surface area contributed by atoms with Gasteiger partial charge in [-0.2, -0.15) is 5.26 Å². The van der Waals surface area contributed by atoms with Crippen LogP contribution in [0.1, 0.15) is 28.5 Å². The number of hydrogen-bond acceptors (Lipinski definition) is 3. The van der Waals surface area contributed by atoms with Crippen LogP contribution in [0.25, 0.3) is 0 Å². The lowest BCUT2D eigenvalue weighted by Gasteiger charge is -1.99. The van der Waals surface area contributed by atoms with Crippen molar-refractivity contribution in [2.75, 3.05) is 0 Å². The molecular formula is C9H8N2O. The van der Waals surface area contributed by atoms with Gasteiger partial charge in [0.2, 0.25) is 0 Å². The molecule has 1 aromatic heterocycles. The van der Waals surface area contributed by atoms with Gasteiger partial charge in [0.15, 0.2) is 6.29 Å². The Morgan fingerprint density at radius 3 is 3.00 bits per heavy atom. The summed E-state index contributed by atoms with van der Waals surface area (Å²) < 4.78 is 0. The number of nitrogens with zero attached hydrogens (tertiary/aromatic N) is 2. The Morgan fingerprint density at radius 1 is 1.75 bits per heavy atom. The summed E-state index contributed by atoms with van der Waals surface area (Å²) in [6.07, 6.45) is 2.93. The molecule has 0 aliphatic rings. The number of carbonyl (C=O) groups is 1. The number of aldehydes is 1. The predicted molar refractivity (Wildman–Crippen MR) is 43.7 cm³/mol. The maximum Gasteiger partial charge on any atom is 0.151 e. The van der Waals surface area contributed by atoms with Gasteiger partial charge in [-0.15, -0.1) is 0 Å². The molecule has 0 aliphatic carbocycles. The first-order valence-electron chi connectivity index (χ1n) is 3.66. The molecule has 0 spiro atoms. The molecule has 0 aliphatic heterocycles. The van der Waals surface area contributed by atoms with Crippen molar-refractivity contribution in [3.05, 3.63) is 29.1 Å². The van der Waals surface area contributed by atoms with Crippen molar-refractivity contribution in [1.82, 2.24) is 4.98 Å². The van der Waals surface area contributed by atoms with Crippen LogP contribution in [-0.4, -0.2) is 11.3 Å². The zero-order valence-electron chi connectivity index (χ0n) is 6.74. The second kappa shape index (κ2) is 3.63. The lowest BCUT2D eigenvalue weighted by molar-refractivity contribution is 0.112. The zero-order valence-corrected chi connectivity index (χ0v) is 6.74. The van der Waals surface area contributed by atoms with E-state index < -0.39 is 0 Å². The lowest BCUT2D eigenvalue weighted by Crippen LogP contribution is -1.94. The van der Waals surface area contributed by atoms with Gasteiger partial charge >= 0.3 is 0 Å². The summed E-state index contributed by atoms with van der Waals surface area (Å²) in [4.78, 5) is 14.2. The second-order valence-electron chi connectivity index (χ2n) is 2.35. The van der Waals surface area contributed by atoms with Crippen molar-refractivity contribution in [3.63, 3.8) is 0 Å². The lowest BCUT2D eigenvalue weighted by atomic mass is 10.1. The Bertz CT molecular complexity index is 339. The SMILES string of the molecule is CCc1cc(C#N)ncc1C=O. The van der Waals surface area contributed by atoms with Gasteiger partial charge < -0.3 is 0 Å². The third kappa shape index (κ3) is 1.48. The smallest absolute Gasteiger partial charge is 0.151 e. The third-order valence-corrected chi connectivity index (χ3v) is 1.65. The van der Waals surface area contributed by atoms with E-state index in [4.69, 9.17) is 5.26 Å². The van der Waals surface area contributed by atoms with Gasteiger partial charge in [0.05, 0.1) is 0 Å². The summed E-state index contributed by atoms with van der Waals surface area (Å²) in [6.45, 7) is 1.93. The molecule has 3 heteroatoms. The van der Waals surface area contributed by atoms with E-state index in [0.29, 0.717) is 11.3 Å². The van der Waals surface area contributed by atoms with Crippen LogP contribution in [0.3, 0.4) is 0 Å². The molecule has 0 radical (unpaired) electrons. The first-order valence-corrected chi connectivity index (χ1v) is 3.66. The van der Waals surface area contributed by atoms with Crippen molar-refractivity contribution in [2.45, 2.75) is 13.3 Å². The summed E-state index contributed by atoms with van der Waals surface area (Å²) in [5.41, 5.74) is 1.80. The van der Waals surface area contributed by atoms with Crippen LogP contribution in [-0.2, 0) is 6.42 Å². The molecule has 0 amide bonds. The minimum atomic E-state index is 0.359. The average Bonchev–Trinajstić information content (AvgIpc) is 2.16. The molecule has 0 fully saturated rings. The highest BCUT2D eigenvalue weighted by molar-refractivity contribution is 5.76. The number of pyridine rings is 1. The van der Waals surface area contributed by atoms with E-state index in [1.807, 2.05) is 13.0 Å². The Hall–Kier alpha value is -1.69.